The predicted molar refractivity (Wildman–Crippen MR) is 75.7 cm³/mol. The van der Waals surface area contributed by atoms with E-state index in [4.69, 9.17) is 4.42 Å². The minimum atomic E-state index is -1.24. The van der Waals surface area contributed by atoms with Crippen LogP contribution in [0.4, 0.5) is 4.39 Å². The topological polar surface area (TPSA) is 56.2 Å². The number of imidazole rings is 1. The molecule has 1 atom stereocenters. The number of halogens is 1. The third kappa shape index (κ3) is 1.86. The molecule has 1 aliphatic heterocycles. The molecule has 6 heteroatoms. The van der Waals surface area contributed by atoms with Crippen LogP contribution in [0.25, 0.3) is 28.6 Å². The van der Waals surface area contributed by atoms with Crippen LogP contribution in [-0.2, 0) is 7.05 Å². The zero-order valence-corrected chi connectivity index (χ0v) is 11.7. The molecular formula is C15H13FN4O. The first kappa shape index (κ1) is 12.3. The van der Waals surface area contributed by atoms with Crippen molar-refractivity contribution in [3.63, 3.8) is 0 Å². The summed E-state index contributed by atoms with van der Waals surface area (Å²) in [4.78, 5) is 12.7. The van der Waals surface area contributed by atoms with E-state index in [9.17, 15) is 4.39 Å². The monoisotopic (exact) mass is 284 g/mol. The Bertz CT molecular complexity index is 970. The van der Waals surface area contributed by atoms with Gasteiger partial charge in [-0.05, 0) is 31.2 Å². The molecule has 0 bridgehead atoms. The molecule has 0 fully saturated rings. The SMILES string of the molecule is Cc1nc2cc(-c3nc4c(o3)=NC(F)CC=4)ccc2n1C. The van der Waals surface area contributed by atoms with Crippen molar-refractivity contribution in [1.82, 2.24) is 14.5 Å². The third-order valence-electron chi connectivity index (χ3n) is 3.75. The van der Waals surface area contributed by atoms with E-state index in [0.717, 1.165) is 22.4 Å². The Morgan fingerprint density at radius 3 is 3.05 bits per heavy atom. The Kier molecular flexibility index (Phi) is 2.48. The lowest BCUT2D eigenvalue weighted by Gasteiger charge is -1.98. The number of oxazole rings is 1. The molecule has 0 amide bonds. The van der Waals surface area contributed by atoms with E-state index in [2.05, 4.69) is 15.0 Å². The zero-order chi connectivity index (χ0) is 14.6. The van der Waals surface area contributed by atoms with Gasteiger partial charge in [-0.1, -0.05) is 0 Å². The van der Waals surface area contributed by atoms with Gasteiger partial charge in [-0.15, -0.1) is 0 Å². The van der Waals surface area contributed by atoms with E-state index in [0.29, 0.717) is 11.2 Å². The highest BCUT2D eigenvalue weighted by atomic mass is 19.1. The first-order valence-corrected chi connectivity index (χ1v) is 6.74. The van der Waals surface area contributed by atoms with E-state index >= 15 is 0 Å². The number of nitrogens with zero attached hydrogens (tertiary/aromatic N) is 4. The van der Waals surface area contributed by atoms with E-state index in [-0.39, 0.29) is 12.0 Å². The third-order valence-corrected chi connectivity index (χ3v) is 3.75. The highest BCUT2D eigenvalue weighted by molar-refractivity contribution is 5.80. The number of aromatic nitrogens is 3. The van der Waals surface area contributed by atoms with E-state index < -0.39 is 6.30 Å². The standard InChI is InChI=1S/C15H13FN4O/c1-8-17-11-7-9(3-5-12(11)20(8)2)14-18-10-4-6-13(16)19-15(10)21-14/h3-5,7,13H,6H2,1-2H3. The molecule has 0 saturated carbocycles. The van der Waals surface area contributed by atoms with Gasteiger partial charge in [-0.3, -0.25) is 0 Å². The molecule has 0 N–H and O–H groups in total. The van der Waals surface area contributed by atoms with Gasteiger partial charge in [0.15, 0.2) is 6.30 Å². The summed E-state index contributed by atoms with van der Waals surface area (Å²) in [6.07, 6.45) is 0.722. The highest BCUT2D eigenvalue weighted by Crippen LogP contribution is 2.22. The Hall–Kier alpha value is -2.50. The second-order valence-corrected chi connectivity index (χ2v) is 5.13. The maximum atomic E-state index is 13.2. The molecule has 0 radical (unpaired) electrons. The van der Waals surface area contributed by atoms with Gasteiger partial charge in [0.05, 0.1) is 11.0 Å². The summed E-state index contributed by atoms with van der Waals surface area (Å²) in [6.45, 7) is 1.96. The van der Waals surface area contributed by atoms with E-state index in [1.807, 2.05) is 36.7 Å². The Labute approximate surface area is 119 Å². The summed E-state index contributed by atoms with van der Waals surface area (Å²) in [5.41, 5.74) is 3.01. The van der Waals surface area contributed by atoms with Gasteiger partial charge in [0.25, 0.3) is 0 Å². The van der Waals surface area contributed by atoms with Crippen molar-refractivity contribution in [1.29, 1.82) is 0 Å². The molecule has 21 heavy (non-hydrogen) atoms. The molecular weight excluding hydrogens is 271 g/mol. The molecule has 0 aliphatic carbocycles. The van der Waals surface area contributed by atoms with Gasteiger partial charge in [0.1, 0.15) is 11.2 Å². The lowest BCUT2D eigenvalue weighted by molar-refractivity contribution is 0.329. The highest BCUT2D eigenvalue weighted by Gasteiger charge is 2.14. The Morgan fingerprint density at radius 1 is 1.33 bits per heavy atom. The molecule has 3 heterocycles. The average Bonchev–Trinajstić information content (AvgIpc) is 3.00. The molecule has 5 nitrogen and oxygen atoms in total. The van der Waals surface area contributed by atoms with Gasteiger partial charge in [-0.25, -0.2) is 19.4 Å². The molecule has 1 aromatic carbocycles. The number of benzene rings is 1. The smallest absolute Gasteiger partial charge is 0.245 e. The molecule has 1 unspecified atom stereocenters. The Balaban J connectivity index is 1.90. The van der Waals surface area contributed by atoms with Crippen molar-refractivity contribution >= 4 is 17.1 Å². The summed E-state index contributed by atoms with van der Waals surface area (Å²) in [5.74, 6) is 1.39. The molecule has 106 valence electrons. The van der Waals surface area contributed by atoms with Crippen LogP contribution < -0.4 is 10.9 Å². The fourth-order valence-electron chi connectivity index (χ4n) is 2.51. The van der Waals surface area contributed by atoms with E-state index in [1.54, 1.807) is 6.08 Å². The minimum absolute atomic E-state index is 0.247. The summed E-state index contributed by atoms with van der Waals surface area (Å²) in [5, 5.41) is 0.608. The number of hydrogen-bond acceptors (Lipinski definition) is 4. The molecule has 2 aromatic heterocycles. The van der Waals surface area contributed by atoms with Gasteiger partial charge in [0, 0.05) is 19.0 Å². The summed E-state index contributed by atoms with van der Waals surface area (Å²) < 4.78 is 20.8. The predicted octanol–water partition coefficient (Wildman–Crippen LogP) is 1.64. The Morgan fingerprint density at radius 2 is 2.19 bits per heavy atom. The van der Waals surface area contributed by atoms with Crippen LogP contribution in [0.2, 0.25) is 0 Å². The largest absolute Gasteiger partial charge is 0.418 e. The van der Waals surface area contributed by atoms with E-state index in [1.165, 1.54) is 0 Å². The van der Waals surface area contributed by atoms with Crippen molar-refractivity contribution in [2.45, 2.75) is 19.6 Å². The first-order chi connectivity index (χ1) is 10.1. The second-order valence-electron chi connectivity index (χ2n) is 5.13. The molecule has 1 aliphatic rings. The maximum Gasteiger partial charge on any atom is 0.245 e. The first-order valence-electron chi connectivity index (χ1n) is 6.74. The fourth-order valence-corrected chi connectivity index (χ4v) is 2.51. The molecule has 0 saturated heterocycles. The van der Waals surface area contributed by atoms with Crippen LogP contribution in [0.3, 0.4) is 0 Å². The van der Waals surface area contributed by atoms with Crippen molar-refractivity contribution in [2.75, 3.05) is 0 Å². The number of hydrogen-bond donors (Lipinski definition) is 0. The average molecular weight is 284 g/mol. The van der Waals surface area contributed by atoms with Crippen molar-refractivity contribution in [3.8, 4) is 11.5 Å². The van der Waals surface area contributed by atoms with Gasteiger partial charge < -0.3 is 8.98 Å². The zero-order valence-electron chi connectivity index (χ0n) is 11.7. The van der Waals surface area contributed by atoms with Crippen LogP contribution >= 0.6 is 0 Å². The summed E-state index contributed by atoms with van der Waals surface area (Å²) in [7, 11) is 1.98. The normalized spacial score (nSPS) is 17.4. The van der Waals surface area contributed by atoms with Crippen LogP contribution in [0.15, 0.2) is 27.6 Å². The van der Waals surface area contributed by atoms with Crippen molar-refractivity contribution in [2.24, 2.45) is 12.0 Å². The molecule has 4 rings (SSSR count). The maximum absolute atomic E-state index is 13.2. The lowest BCUT2D eigenvalue weighted by atomic mass is 10.2. The lowest BCUT2D eigenvalue weighted by Crippen LogP contribution is -2.28. The van der Waals surface area contributed by atoms with Crippen LogP contribution in [0, 0.1) is 6.92 Å². The fraction of sp³-hybridized carbons (Fsp3) is 0.267. The van der Waals surface area contributed by atoms with Gasteiger partial charge in [0.2, 0.25) is 11.4 Å². The van der Waals surface area contributed by atoms with Gasteiger partial charge >= 0.3 is 0 Å². The summed E-state index contributed by atoms with van der Waals surface area (Å²) in [6, 6.07) is 5.83. The minimum Gasteiger partial charge on any atom is -0.418 e. The second kappa shape index (κ2) is 4.25. The number of alkyl halides is 1. The summed E-state index contributed by atoms with van der Waals surface area (Å²) >= 11 is 0. The molecule has 3 aromatic rings. The van der Waals surface area contributed by atoms with Crippen LogP contribution in [-0.4, -0.2) is 20.8 Å². The van der Waals surface area contributed by atoms with Crippen LogP contribution in [0.1, 0.15) is 12.2 Å². The van der Waals surface area contributed by atoms with Crippen molar-refractivity contribution in [3.05, 3.63) is 34.9 Å². The number of fused-ring (bicyclic) bond motifs is 2. The van der Waals surface area contributed by atoms with Crippen molar-refractivity contribution < 1.29 is 8.81 Å². The quantitative estimate of drug-likeness (QED) is 0.638. The number of rotatable bonds is 1. The number of aryl methyl sites for hydroxylation is 2. The molecule has 0 spiro atoms. The van der Waals surface area contributed by atoms with Crippen LogP contribution in [0.5, 0.6) is 0 Å². The van der Waals surface area contributed by atoms with Gasteiger partial charge in [-0.2, -0.15) is 0 Å².